The lowest BCUT2D eigenvalue weighted by Crippen LogP contribution is -2.31. The summed E-state index contributed by atoms with van der Waals surface area (Å²) < 4.78 is 14.2. The largest absolute Gasteiger partial charge is 0.333 e. The normalized spacial score (nSPS) is 17.7. The summed E-state index contributed by atoms with van der Waals surface area (Å²) in [5.74, 6) is -1.39. The van der Waals surface area contributed by atoms with Gasteiger partial charge in [0.25, 0.3) is 0 Å². The SMILES string of the molecule is Cc1ccc(N2C(=O)CC(Sc3nc4ccccc4[nH]3)C2=O)c(F)c1. The molecular weight excluding hydrogens is 341 g/mol. The Balaban J connectivity index is 1.60. The fourth-order valence-electron chi connectivity index (χ4n) is 2.86. The molecule has 0 saturated carbocycles. The van der Waals surface area contributed by atoms with E-state index in [2.05, 4.69) is 9.97 Å². The van der Waals surface area contributed by atoms with Gasteiger partial charge in [0, 0.05) is 6.42 Å². The number of aryl methyl sites for hydroxylation is 1. The quantitative estimate of drug-likeness (QED) is 0.731. The van der Waals surface area contributed by atoms with Crippen molar-refractivity contribution in [2.24, 2.45) is 0 Å². The van der Waals surface area contributed by atoms with Gasteiger partial charge >= 0.3 is 0 Å². The van der Waals surface area contributed by atoms with Gasteiger partial charge in [-0.15, -0.1) is 0 Å². The van der Waals surface area contributed by atoms with Gasteiger partial charge in [-0.2, -0.15) is 0 Å². The summed E-state index contributed by atoms with van der Waals surface area (Å²) >= 11 is 1.20. The first-order valence-electron chi connectivity index (χ1n) is 7.77. The number of hydrogen-bond donors (Lipinski definition) is 1. The number of imide groups is 1. The van der Waals surface area contributed by atoms with Crippen molar-refractivity contribution in [2.75, 3.05) is 4.90 Å². The Bertz CT molecular complexity index is 968. The van der Waals surface area contributed by atoms with Crippen molar-refractivity contribution in [2.45, 2.75) is 23.8 Å². The minimum atomic E-state index is -0.617. The second kappa shape index (κ2) is 6.00. The summed E-state index contributed by atoms with van der Waals surface area (Å²) in [6.07, 6.45) is 0.0217. The average molecular weight is 355 g/mol. The number of para-hydroxylation sites is 2. The van der Waals surface area contributed by atoms with E-state index in [9.17, 15) is 14.0 Å². The zero-order valence-electron chi connectivity index (χ0n) is 13.3. The van der Waals surface area contributed by atoms with Crippen molar-refractivity contribution in [3.63, 3.8) is 0 Å². The lowest BCUT2D eigenvalue weighted by molar-refractivity contribution is -0.121. The molecule has 4 rings (SSSR count). The van der Waals surface area contributed by atoms with Crippen molar-refractivity contribution >= 4 is 40.3 Å². The van der Waals surface area contributed by atoms with Gasteiger partial charge in [-0.1, -0.05) is 30.0 Å². The third-order valence-corrected chi connectivity index (χ3v) is 5.14. The van der Waals surface area contributed by atoms with E-state index >= 15 is 0 Å². The smallest absolute Gasteiger partial charge is 0.247 e. The van der Waals surface area contributed by atoms with Crippen LogP contribution in [-0.2, 0) is 9.59 Å². The molecule has 1 saturated heterocycles. The maximum absolute atomic E-state index is 14.2. The van der Waals surface area contributed by atoms with Crippen molar-refractivity contribution in [1.82, 2.24) is 9.97 Å². The standard InChI is InChI=1S/C18H14FN3O2S/c1-10-6-7-14(11(19)8-10)22-16(23)9-15(17(22)24)25-18-20-12-4-2-3-5-13(12)21-18/h2-8,15H,9H2,1H3,(H,20,21). The van der Waals surface area contributed by atoms with E-state index in [0.717, 1.165) is 21.5 Å². The minimum Gasteiger partial charge on any atom is -0.333 e. The molecule has 0 bridgehead atoms. The van der Waals surface area contributed by atoms with E-state index < -0.39 is 22.9 Å². The number of imidazole rings is 1. The fourth-order valence-corrected chi connectivity index (χ4v) is 3.88. The van der Waals surface area contributed by atoms with Gasteiger partial charge in [0.1, 0.15) is 11.1 Å². The van der Waals surface area contributed by atoms with Crippen LogP contribution in [0, 0.1) is 12.7 Å². The monoisotopic (exact) mass is 355 g/mol. The van der Waals surface area contributed by atoms with Crippen LogP contribution in [0.5, 0.6) is 0 Å². The first-order chi connectivity index (χ1) is 12.0. The number of carbonyl (C=O) groups excluding carboxylic acids is 2. The highest BCUT2D eigenvalue weighted by atomic mass is 32.2. The van der Waals surface area contributed by atoms with E-state index in [1.807, 2.05) is 24.3 Å². The predicted molar refractivity (Wildman–Crippen MR) is 94.0 cm³/mol. The summed E-state index contributed by atoms with van der Waals surface area (Å²) in [4.78, 5) is 33.4. The zero-order valence-corrected chi connectivity index (χ0v) is 14.1. The van der Waals surface area contributed by atoms with Crippen LogP contribution in [0.3, 0.4) is 0 Å². The molecule has 5 nitrogen and oxygen atoms in total. The Morgan fingerprint density at radius 3 is 2.80 bits per heavy atom. The number of nitrogens with zero attached hydrogens (tertiary/aromatic N) is 2. The van der Waals surface area contributed by atoms with E-state index in [1.165, 1.54) is 23.9 Å². The summed E-state index contributed by atoms with van der Waals surface area (Å²) in [6.45, 7) is 1.75. The lowest BCUT2D eigenvalue weighted by atomic mass is 10.2. The van der Waals surface area contributed by atoms with Crippen molar-refractivity contribution in [3.05, 3.63) is 53.8 Å². The van der Waals surface area contributed by atoms with Gasteiger partial charge in [-0.05, 0) is 36.8 Å². The Labute approximate surface area is 147 Å². The summed E-state index contributed by atoms with van der Waals surface area (Å²) in [5.41, 5.74) is 2.40. The third-order valence-electron chi connectivity index (χ3n) is 4.07. The van der Waals surface area contributed by atoms with E-state index in [1.54, 1.807) is 13.0 Å². The van der Waals surface area contributed by atoms with Gasteiger partial charge in [-0.25, -0.2) is 14.3 Å². The fraction of sp³-hybridized carbons (Fsp3) is 0.167. The molecule has 7 heteroatoms. The lowest BCUT2D eigenvalue weighted by Gasteiger charge is -2.15. The first kappa shape index (κ1) is 15.8. The molecule has 2 amide bonds. The third kappa shape index (κ3) is 2.80. The van der Waals surface area contributed by atoms with Gasteiger partial charge < -0.3 is 4.98 Å². The molecule has 1 aliphatic rings. The minimum absolute atomic E-state index is 0.00769. The van der Waals surface area contributed by atoms with Crippen LogP contribution < -0.4 is 4.90 Å². The number of thioether (sulfide) groups is 1. The Hall–Kier alpha value is -2.67. The number of fused-ring (bicyclic) bond motifs is 1. The molecule has 1 N–H and O–H groups in total. The highest BCUT2D eigenvalue weighted by molar-refractivity contribution is 8.00. The van der Waals surface area contributed by atoms with Crippen LogP contribution in [0.1, 0.15) is 12.0 Å². The molecule has 3 aromatic rings. The molecule has 0 spiro atoms. The number of H-pyrrole nitrogens is 1. The van der Waals surface area contributed by atoms with Crippen molar-refractivity contribution in [1.29, 1.82) is 0 Å². The van der Waals surface area contributed by atoms with E-state index in [-0.39, 0.29) is 12.1 Å². The number of aromatic amines is 1. The maximum Gasteiger partial charge on any atom is 0.247 e. The highest BCUT2D eigenvalue weighted by Gasteiger charge is 2.41. The van der Waals surface area contributed by atoms with E-state index in [4.69, 9.17) is 0 Å². The number of aromatic nitrogens is 2. The predicted octanol–water partition coefficient (Wildman–Crippen LogP) is 3.43. The van der Waals surface area contributed by atoms with Gasteiger partial charge in [-0.3, -0.25) is 9.59 Å². The maximum atomic E-state index is 14.2. The summed E-state index contributed by atoms with van der Waals surface area (Å²) in [6, 6.07) is 12.0. The van der Waals surface area contributed by atoms with Crippen LogP contribution >= 0.6 is 11.8 Å². The zero-order chi connectivity index (χ0) is 17.6. The molecule has 2 heterocycles. The molecule has 0 radical (unpaired) electrons. The highest BCUT2D eigenvalue weighted by Crippen LogP contribution is 2.34. The van der Waals surface area contributed by atoms with Crippen molar-refractivity contribution < 1.29 is 14.0 Å². The number of anilines is 1. The molecule has 2 aromatic carbocycles. The number of nitrogens with one attached hydrogen (secondary N) is 1. The number of amides is 2. The van der Waals surface area contributed by atoms with Crippen LogP contribution in [0.4, 0.5) is 10.1 Å². The van der Waals surface area contributed by atoms with Gasteiger partial charge in [0.15, 0.2) is 5.16 Å². The Kier molecular flexibility index (Phi) is 3.80. The van der Waals surface area contributed by atoms with E-state index in [0.29, 0.717) is 5.16 Å². The molecule has 25 heavy (non-hydrogen) atoms. The van der Waals surface area contributed by atoms with Gasteiger partial charge in [0.2, 0.25) is 11.8 Å². The molecule has 1 aliphatic heterocycles. The molecular formula is C18H14FN3O2S. The molecule has 1 unspecified atom stereocenters. The number of rotatable bonds is 3. The Morgan fingerprint density at radius 2 is 2.04 bits per heavy atom. The first-order valence-corrected chi connectivity index (χ1v) is 8.65. The molecule has 1 atom stereocenters. The van der Waals surface area contributed by atoms with Crippen LogP contribution in [0.25, 0.3) is 11.0 Å². The number of halogens is 1. The molecule has 1 fully saturated rings. The van der Waals surface area contributed by atoms with Crippen LogP contribution in [0.2, 0.25) is 0 Å². The van der Waals surface area contributed by atoms with Crippen molar-refractivity contribution in [3.8, 4) is 0 Å². The Morgan fingerprint density at radius 1 is 1.24 bits per heavy atom. The number of carbonyl (C=O) groups is 2. The average Bonchev–Trinajstić information content (AvgIpc) is 3.09. The second-order valence-corrected chi connectivity index (χ2v) is 7.08. The van der Waals surface area contributed by atoms with Crippen LogP contribution in [0.15, 0.2) is 47.6 Å². The molecule has 0 aliphatic carbocycles. The molecule has 126 valence electrons. The van der Waals surface area contributed by atoms with Crippen LogP contribution in [-0.4, -0.2) is 27.0 Å². The second-order valence-electron chi connectivity index (χ2n) is 5.89. The summed E-state index contributed by atoms with van der Waals surface area (Å²) in [7, 11) is 0. The van der Waals surface area contributed by atoms with Gasteiger partial charge in [0.05, 0.1) is 16.7 Å². The summed E-state index contributed by atoms with van der Waals surface area (Å²) in [5, 5.41) is -0.0488. The number of benzene rings is 2. The molecule has 1 aromatic heterocycles. The topological polar surface area (TPSA) is 66.1 Å². The number of hydrogen-bond acceptors (Lipinski definition) is 4.